The van der Waals surface area contributed by atoms with Gasteiger partial charge in [-0.15, -0.1) is 0 Å². The number of rotatable bonds is 27. The highest BCUT2D eigenvalue weighted by molar-refractivity contribution is 8.00. The molecule has 18 heteroatoms. The molecule has 0 spiro atoms. The van der Waals surface area contributed by atoms with E-state index in [0.29, 0.717) is 31.4 Å². The minimum Gasteiger partial charge on any atom is -0.480 e. The summed E-state index contributed by atoms with van der Waals surface area (Å²) in [6, 6.07) is 4.42. The highest BCUT2D eigenvalue weighted by Crippen LogP contribution is 2.33. The molecule has 0 radical (unpaired) electrons. The van der Waals surface area contributed by atoms with Crippen LogP contribution >= 0.6 is 11.8 Å². The molecule has 4 unspecified atom stereocenters. The molecule has 2 aliphatic heterocycles. The maximum atomic E-state index is 12.8. The minimum atomic E-state index is -1.35. The summed E-state index contributed by atoms with van der Waals surface area (Å²) in [5.74, 6) is -1.92. The van der Waals surface area contributed by atoms with Crippen LogP contribution in [-0.2, 0) is 33.4 Å². The fourth-order valence-electron chi connectivity index (χ4n) is 6.84. The molecular formula is C41H65N7O10S. The van der Waals surface area contributed by atoms with Crippen molar-refractivity contribution in [3.63, 3.8) is 0 Å². The summed E-state index contributed by atoms with van der Waals surface area (Å²) < 4.78 is 10.9. The van der Waals surface area contributed by atoms with Crippen LogP contribution in [-0.4, -0.2) is 126 Å². The van der Waals surface area contributed by atoms with Gasteiger partial charge in [0, 0.05) is 60.0 Å². The molecule has 2 aliphatic rings. The summed E-state index contributed by atoms with van der Waals surface area (Å²) in [7, 11) is 0. The Morgan fingerprint density at radius 1 is 0.780 bits per heavy atom. The fourth-order valence-corrected chi connectivity index (χ4v) is 8.38. The van der Waals surface area contributed by atoms with Gasteiger partial charge in [0.1, 0.15) is 6.04 Å². The number of urea groups is 1. The summed E-state index contributed by atoms with van der Waals surface area (Å²) in [5.41, 5.74) is 1.39. The average Bonchev–Trinajstić information content (AvgIpc) is 3.70. The third kappa shape index (κ3) is 19.0. The number of hydrogen-bond donors (Lipinski definition) is 8. The number of carbonyl (C=O) groups excluding carboxylic acids is 6. The Kier molecular flexibility index (Phi) is 19.9. The summed E-state index contributed by atoms with van der Waals surface area (Å²) in [4.78, 5) is 85.8. The van der Waals surface area contributed by atoms with Gasteiger partial charge in [-0.2, -0.15) is 11.8 Å². The number of nitrogens with one attached hydrogen (secondary N) is 7. The van der Waals surface area contributed by atoms with E-state index in [9.17, 15) is 38.7 Å². The van der Waals surface area contributed by atoms with Crippen molar-refractivity contribution in [2.75, 3.05) is 45.3 Å². The predicted molar refractivity (Wildman–Crippen MR) is 224 cm³/mol. The summed E-state index contributed by atoms with van der Waals surface area (Å²) >= 11 is 1.79. The Hall–Kier alpha value is -4.42. The largest absolute Gasteiger partial charge is 0.480 e. The van der Waals surface area contributed by atoms with E-state index in [-0.39, 0.29) is 93.3 Å². The Morgan fingerprint density at radius 3 is 2.00 bits per heavy atom. The highest BCUT2D eigenvalue weighted by Gasteiger charge is 2.42. The number of fused-ring (bicyclic) bond motifs is 1. The first-order valence-electron chi connectivity index (χ1n) is 20.4. The van der Waals surface area contributed by atoms with Crippen LogP contribution in [0.25, 0.3) is 0 Å². The maximum absolute atomic E-state index is 12.8. The van der Waals surface area contributed by atoms with Crippen LogP contribution in [0.3, 0.4) is 0 Å². The van der Waals surface area contributed by atoms with Crippen molar-refractivity contribution in [1.29, 1.82) is 0 Å². The molecule has 1 aromatic rings. The van der Waals surface area contributed by atoms with Gasteiger partial charge in [-0.3, -0.25) is 24.0 Å². The number of ether oxygens (including phenoxy) is 2. The number of thioether (sulfide) groups is 1. The number of aryl methyl sites for hydroxylation is 2. The van der Waals surface area contributed by atoms with Gasteiger partial charge < -0.3 is 51.8 Å². The van der Waals surface area contributed by atoms with Crippen molar-refractivity contribution in [3.05, 3.63) is 34.9 Å². The number of carboxylic acids is 1. The molecule has 7 amide bonds. The average molecular weight is 848 g/mol. The highest BCUT2D eigenvalue weighted by atomic mass is 32.2. The summed E-state index contributed by atoms with van der Waals surface area (Å²) in [6.45, 7) is 12.8. The zero-order valence-corrected chi connectivity index (χ0v) is 36.2. The lowest BCUT2D eigenvalue weighted by Crippen LogP contribution is -2.47. The van der Waals surface area contributed by atoms with Crippen molar-refractivity contribution < 1.29 is 48.1 Å². The Balaban J connectivity index is 1.16. The molecule has 0 aliphatic carbocycles. The molecule has 3 rings (SSSR count). The van der Waals surface area contributed by atoms with E-state index in [1.807, 2.05) is 59.7 Å². The van der Waals surface area contributed by atoms with Gasteiger partial charge in [0.25, 0.3) is 5.91 Å². The van der Waals surface area contributed by atoms with Crippen LogP contribution in [0.4, 0.5) is 4.79 Å². The lowest BCUT2D eigenvalue weighted by molar-refractivity contribution is -0.143. The molecule has 4 atom stereocenters. The van der Waals surface area contributed by atoms with Crippen LogP contribution in [0.2, 0.25) is 0 Å². The van der Waals surface area contributed by atoms with E-state index in [1.165, 1.54) is 0 Å². The maximum Gasteiger partial charge on any atom is 0.326 e. The molecule has 1 aromatic carbocycles. The van der Waals surface area contributed by atoms with E-state index in [0.717, 1.165) is 29.7 Å². The Bertz CT molecular complexity index is 1600. The standard InChI is InChI=1S/C41H65N7O10S/c1-26-21-27(2)23-28(22-26)37(53)48-41(5,6)14-12-34(51)47-40(3,4)13-11-32(49)42-15-17-57-19-20-58-18-16-43-35(52)24-29(38(54)55)44-33(50)10-8-7-9-31-36-30(25-59-31)45-39(56)46-36/h21-23,29-31,36H,7-20,24-25H2,1-6H3,(H,42,49)(H,43,52)(H,44,50)(H,47,51)(H,48,53)(H,54,55)(H2,45,46,56). The van der Waals surface area contributed by atoms with Crippen LogP contribution < -0.4 is 37.2 Å². The SMILES string of the molecule is Cc1cc(C)cc(C(=O)NC(C)(C)CCC(=O)NC(C)(C)CCC(=O)NCCOCCOCCNC(=O)CC(NC(=O)CCCCC2SCC3NC(=O)NC32)C(=O)O)c1. The lowest BCUT2D eigenvalue weighted by atomic mass is 9.95. The molecule has 2 fully saturated rings. The van der Waals surface area contributed by atoms with Gasteiger partial charge in [0.15, 0.2) is 0 Å². The second-order valence-corrected chi connectivity index (χ2v) is 17.9. The first kappa shape index (κ1) is 48.9. The third-order valence-corrected chi connectivity index (χ3v) is 11.5. The molecule has 0 aromatic heterocycles. The molecule has 2 saturated heterocycles. The zero-order chi connectivity index (χ0) is 43.6. The number of benzene rings is 1. The zero-order valence-electron chi connectivity index (χ0n) is 35.4. The van der Waals surface area contributed by atoms with Gasteiger partial charge >= 0.3 is 12.0 Å². The van der Waals surface area contributed by atoms with Crippen molar-refractivity contribution in [2.45, 2.75) is 134 Å². The van der Waals surface area contributed by atoms with Gasteiger partial charge in [0.2, 0.25) is 23.6 Å². The van der Waals surface area contributed by atoms with Gasteiger partial charge in [0.05, 0.1) is 44.9 Å². The second kappa shape index (κ2) is 24.0. The third-order valence-electron chi connectivity index (χ3n) is 9.98. The molecule has 330 valence electrons. The molecule has 0 bridgehead atoms. The van der Waals surface area contributed by atoms with Crippen molar-refractivity contribution in [3.8, 4) is 0 Å². The lowest BCUT2D eigenvalue weighted by Gasteiger charge is -2.29. The summed E-state index contributed by atoms with van der Waals surface area (Å²) in [5, 5.41) is 29.5. The van der Waals surface area contributed by atoms with Crippen molar-refractivity contribution in [2.24, 2.45) is 0 Å². The molecule has 59 heavy (non-hydrogen) atoms. The van der Waals surface area contributed by atoms with E-state index in [2.05, 4.69) is 37.2 Å². The second-order valence-electron chi connectivity index (χ2n) is 16.6. The van der Waals surface area contributed by atoms with Gasteiger partial charge in [-0.05, 0) is 79.4 Å². The van der Waals surface area contributed by atoms with Crippen LogP contribution in [0.5, 0.6) is 0 Å². The number of hydrogen-bond acceptors (Lipinski definition) is 10. The smallest absolute Gasteiger partial charge is 0.326 e. The molecule has 8 N–H and O–H groups in total. The first-order valence-corrected chi connectivity index (χ1v) is 21.5. The van der Waals surface area contributed by atoms with Crippen LogP contribution in [0, 0.1) is 13.8 Å². The van der Waals surface area contributed by atoms with Gasteiger partial charge in [-0.25, -0.2) is 9.59 Å². The number of aliphatic carboxylic acids is 1. The first-order chi connectivity index (χ1) is 27.8. The quantitative estimate of drug-likeness (QED) is 0.0472. The Morgan fingerprint density at radius 2 is 1.37 bits per heavy atom. The van der Waals surface area contributed by atoms with Crippen molar-refractivity contribution in [1.82, 2.24) is 37.2 Å². The molecule has 17 nitrogen and oxygen atoms in total. The van der Waals surface area contributed by atoms with E-state index in [1.54, 1.807) is 11.8 Å². The fraction of sp³-hybridized carbons (Fsp3) is 0.683. The number of unbranched alkanes of at least 4 members (excludes halogenated alkanes) is 1. The summed E-state index contributed by atoms with van der Waals surface area (Å²) in [6.07, 6.45) is 3.19. The minimum absolute atomic E-state index is 0.0942. The van der Waals surface area contributed by atoms with Crippen LogP contribution in [0.1, 0.15) is 107 Å². The molecule has 2 heterocycles. The number of amides is 7. The predicted octanol–water partition coefficient (Wildman–Crippen LogP) is 2.22. The topological polar surface area (TPSA) is 242 Å². The van der Waals surface area contributed by atoms with Gasteiger partial charge in [-0.1, -0.05) is 23.6 Å². The van der Waals surface area contributed by atoms with Crippen LogP contribution in [0.15, 0.2) is 18.2 Å². The monoisotopic (exact) mass is 847 g/mol. The Labute approximate surface area is 351 Å². The van der Waals surface area contributed by atoms with E-state index < -0.39 is 41.3 Å². The van der Waals surface area contributed by atoms with E-state index in [4.69, 9.17) is 9.47 Å². The normalized spacial score (nSPS) is 17.9. The number of carboxylic acid groups (broad SMARTS) is 1. The van der Waals surface area contributed by atoms with E-state index >= 15 is 0 Å². The molecular weight excluding hydrogens is 783 g/mol. The van der Waals surface area contributed by atoms with Crippen molar-refractivity contribution >= 4 is 53.3 Å². The molecule has 0 saturated carbocycles. The number of carbonyl (C=O) groups is 7.